The molecule has 2 N–H and O–H groups in total. The molecule has 4 atom stereocenters. The van der Waals surface area contributed by atoms with Crippen LogP contribution in [-0.4, -0.2) is 29.2 Å². The van der Waals surface area contributed by atoms with Gasteiger partial charge in [0.15, 0.2) is 0 Å². The molecule has 3 heterocycles. The third-order valence-corrected chi connectivity index (χ3v) is 6.84. The van der Waals surface area contributed by atoms with Crippen LogP contribution < -0.4 is 5.32 Å². The fourth-order valence-corrected chi connectivity index (χ4v) is 5.71. The molecular formula is C18H20N2O4S. The number of carbonyl (C=O) groups excluding carboxylic acids is 1. The molecule has 1 aromatic heterocycles. The van der Waals surface area contributed by atoms with Crippen molar-refractivity contribution in [2.24, 2.45) is 11.8 Å². The van der Waals surface area contributed by atoms with Crippen molar-refractivity contribution in [2.75, 3.05) is 5.32 Å². The van der Waals surface area contributed by atoms with E-state index in [1.54, 1.807) is 0 Å². The van der Waals surface area contributed by atoms with E-state index in [1.807, 2.05) is 0 Å². The summed E-state index contributed by atoms with van der Waals surface area (Å²) in [7, 11) is 0. The monoisotopic (exact) mass is 360 g/mol. The second kappa shape index (κ2) is 6.43. The molecule has 3 aliphatic rings. The highest BCUT2D eigenvalue weighted by atomic mass is 32.1. The second-order valence-electron chi connectivity index (χ2n) is 7.05. The summed E-state index contributed by atoms with van der Waals surface area (Å²) < 4.78 is 5.67. The van der Waals surface area contributed by atoms with Gasteiger partial charge in [-0.15, -0.1) is 11.3 Å². The Morgan fingerprint density at radius 2 is 1.88 bits per heavy atom. The van der Waals surface area contributed by atoms with E-state index < -0.39 is 17.8 Å². The summed E-state index contributed by atoms with van der Waals surface area (Å²) >= 11 is 1.47. The first-order valence-corrected chi connectivity index (χ1v) is 9.65. The zero-order valence-corrected chi connectivity index (χ0v) is 14.6. The van der Waals surface area contributed by atoms with Gasteiger partial charge in [0, 0.05) is 4.88 Å². The van der Waals surface area contributed by atoms with Crippen molar-refractivity contribution < 1.29 is 19.4 Å². The Hall–Kier alpha value is -1.91. The van der Waals surface area contributed by atoms with Crippen LogP contribution in [0.5, 0.6) is 0 Å². The van der Waals surface area contributed by atoms with Crippen LogP contribution in [0.25, 0.3) is 0 Å². The van der Waals surface area contributed by atoms with Gasteiger partial charge in [0.2, 0.25) is 5.91 Å². The lowest BCUT2D eigenvalue weighted by Crippen LogP contribution is -2.40. The number of thiophene rings is 1. The fourth-order valence-electron chi connectivity index (χ4n) is 4.47. The van der Waals surface area contributed by atoms with Crippen molar-refractivity contribution in [3.05, 3.63) is 16.0 Å². The quantitative estimate of drug-likeness (QED) is 0.808. The van der Waals surface area contributed by atoms with Crippen molar-refractivity contribution in [2.45, 2.75) is 57.2 Å². The maximum absolute atomic E-state index is 12.8. The number of fused-ring (bicyclic) bond motifs is 3. The van der Waals surface area contributed by atoms with Gasteiger partial charge in [-0.25, -0.2) is 0 Å². The van der Waals surface area contributed by atoms with E-state index in [4.69, 9.17) is 4.74 Å². The van der Waals surface area contributed by atoms with Crippen LogP contribution in [0.15, 0.2) is 0 Å². The maximum Gasteiger partial charge on any atom is 0.310 e. The first-order chi connectivity index (χ1) is 12.1. The van der Waals surface area contributed by atoms with Crippen LogP contribution in [0.2, 0.25) is 0 Å². The van der Waals surface area contributed by atoms with E-state index in [0.29, 0.717) is 17.0 Å². The molecule has 2 saturated heterocycles. The van der Waals surface area contributed by atoms with Gasteiger partial charge >= 0.3 is 5.97 Å². The number of rotatable bonds is 3. The molecule has 1 aromatic rings. The predicted molar refractivity (Wildman–Crippen MR) is 91.4 cm³/mol. The lowest BCUT2D eigenvalue weighted by molar-refractivity contribution is -0.147. The number of ether oxygens (including phenoxy) is 1. The number of amides is 1. The van der Waals surface area contributed by atoms with Crippen molar-refractivity contribution in [3.8, 4) is 6.07 Å². The second-order valence-corrected chi connectivity index (χ2v) is 8.15. The van der Waals surface area contributed by atoms with E-state index in [2.05, 4.69) is 11.4 Å². The molecule has 4 rings (SSSR count). The number of anilines is 1. The summed E-state index contributed by atoms with van der Waals surface area (Å²) in [6.07, 6.45) is 5.87. The summed E-state index contributed by atoms with van der Waals surface area (Å²) in [6.45, 7) is 0. The van der Waals surface area contributed by atoms with Gasteiger partial charge in [-0.2, -0.15) is 5.26 Å². The summed E-state index contributed by atoms with van der Waals surface area (Å²) in [5.41, 5.74) is 1.63. The van der Waals surface area contributed by atoms with Gasteiger partial charge in [0.1, 0.15) is 11.1 Å². The van der Waals surface area contributed by atoms with E-state index >= 15 is 0 Å². The first-order valence-electron chi connectivity index (χ1n) is 8.84. The molecule has 132 valence electrons. The molecular weight excluding hydrogens is 340 g/mol. The summed E-state index contributed by atoms with van der Waals surface area (Å²) in [5.74, 6) is -2.77. The third-order valence-electron chi connectivity index (χ3n) is 5.63. The molecule has 0 saturated carbocycles. The van der Waals surface area contributed by atoms with E-state index in [9.17, 15) is 20.0 Å². The molecule has 6 nitrogen and oxygen atoms in total. The number of nitrogens with zero attached hydrogens (tertiary/aromatic N) is 1. The molecule has 7 heteroatoms. The highest BCUT2D eigenvalue weighted by molar-refractivity contribution is 7.16. The molecule has 2 bridgehead atoms. The normalized spacial score (nSPS) is 30.4. The Morgan fingerprint density at radius 1 is 1.16 bits per heavy atom. The molecule has 2 fully saturated rings. The van der Waals surface area contributed by atoms with Gasteiger partial charge in [-0.1, -0.05) is 6.42 Å². The van der Waals surface area contributed by atoms with Crippen molar-refractivity contribution >= 4 is 28.2 Å². The van der Waals surface area contributed by atoms with Gasteiger partial charge in [-0.05, 0) is 44.1 Å². The smallest absolute Gasteiger partial charge is 0.310 e. The van der Waals surface area contributed by atoms with Crippen LogP contribution in [0.4, 0.5) is 5.00 Å². The van der Waals surface area contributed by atoms with Crippen LogP contribution in [-0.2, 0) is 27.2 Å². The molecule has 2 aliphatic heterocycles. The van der Waals surface area contributed by atoms with E-state index in [1.165, 1.54) is 16.2 Å². The van der Waals surface area contributed by atoms with Gasteiger partial charge in [0.25, 0.3) is 0 Å². The minimum Gasteiger partial charge on any atom is -0.481 e. The first kappa shape index (κ1) is 16.6. The number of nitriles is 1. The SMILES string of the molecule is N#Cc1c(NC(=O)[C@@H]2[C@@H](C(=O)O)[C@@H]3CC[C@@H]2O3)sc2c1CCCCC2. The highest BCUT2D eigenvalue weighted by Crippen LogP contribution is 2.45. The molecule has 0 unspecified atom stereocenters. The molecule has 1 amide bonds. The molecule has 1 aliphatic carbocycles. The van der Waals surface area contributed by atoms with Crippen LogP contribution >= 0.6 is 11.3 Å². The number of carboxylic acid groups (broad SMARTS) is 1. The largest absolute Gasteiger partial charge is 0.481 e. The molecule has 25 heavy (non-hydrogen) atoms. The summed E-state index contributed by atoms with van der Waals surface area (Å²) in [6, 6.07) is 2.24. The number of nitrogens with one attached hydrogen (secondary N) is 1. The average molecular weight is 360 g/mol. The Kier molecular flexibility index (Phi) is 4.26. The minimum absolute atomic E-state index is 0.325. The van der Waals surface area contributed by atoms with E-state index in [0.717, 1.165) is 44.1 Å². The standard InChI is InChI=1S/C18H20N2O4S/c19-8-10-9-4-2-1-3-5-13(9)25-17(10)20-16(21)14-11-6-7-12(24-11)15(14)18(22)23/h11-12,14-15H,1-7H2,(H,20,21)(H,22,23)/t11-,12-,14-,15-/m0/s1. The fraction of sp³-hybridized carbons (Fsp3) is 0.611. The summed E-state index contributed by atoms with van der Waals surface area (Å²) in [4.78, 5) is 25.6. The molecule has 0 spiro atoms. The van der Waals surface area contributed by atoms with Crippen LogP contribution in [0.3, 0.4) is 0 Å². The number of hydrogen-bond donors (Lipinski definition) is 2. The molecule has 0 radical (unpaired) electrons. The lowest BCUT2D eigenvalue weighted by atomic mass is 9.79. The Morgan fingerprint density at radius 3 is 2.60 bits per heavy atom. The average Bonchev–Trinajstić information content (AvgIpc) is 3.23. The Balaban J connectivity index is 1.59. The highest BCUT2D eigenvalue weighted by Gasteiger charge is 2.55. The van der Waals surface area contributed by atoms with Gasteiger partial charge < -0.3 is 15.2 Å². The number of carboxylic acids is 1. The zero-order chi connectivity index (χ0) is 17.6. The van der Waals surface area contributed by atoms with Crippen LogP contribution in [0.1, 0.15) is 48.1 Å². The number of aryl methyl sites for hydroxylation is 1. The van der Waals surface area contributed by atoms with Crippen molar-refractivity contribution in [3.63, 3.8) is 0 Å². The third kappa shape index (κ3) is 2.74. The summed E-state index contributed by atoms with van der Waals surface area (Å²) in [5, 5.41) is 22.5. The van der Waals surface area contributed by atoms with Crippen LogP contribution in [0, 0.1) is 23.2 Å². The number of aliphatic carboxylic acids is 1. The number of hydrogen-bond acceptors (Lipinski definition) is 5. The van der Waals surface area contributed by atoms with Gasteiger partial charge in [-0.3, -0.25) is 9.59 Å². The van der Waals surface area contributed by atoms with Gasteiger partial charge in [0.05, 0.1) is 29.6 Å². The zero-order valence-electron chi connectivity index (χ0n) is 13.8. The lowest BCUT2D eigenvalue weighted by Gasteiger charge is -2.23. The predicted octanol–water partition coefficient (Wildman–Crippen LogP) is 2.71. The maximum atomic E-state index is 12.8. The van der Waals surface area contributed by atoms with Crippen molar-refractivity contribution in [1.29, 1.82) is 5.26 Å². The topological polar surface area (TPSA) is 99.4 Å². The minimum atomic E-state index is -0.977. The number of carbonyl (C=O) groups is 2. The van der Waals surface area contributed by atoms with Crippen molar-refractivity contribution in [1.82, 2.24) is 0 Å². The van der Waals surface area contributed by atoms with E-state index in [-0.39, 0.29) is 18.1 Å². The Bertz CT molecular complexity index is 766. The molecule has 0 aromatic carbocycles. The Labute approximate surface area is 149 Å².